The summed E-state index contributed by atoms with van der Waals surface area (Å²) < 4.78 is 42.1. The molecule has 0 aliphatic rings. The van der Waals surface area contributed by atoms with Crippen molar-refractivity contribution < 1.29 is 13.2 Å². The third kappa shape index (κ3) is 4.56. The molecule has 0 saturated carbocycles. The van der Waals surface area contributed by atoms with Crippen LogP contribution in [0.1, 0.15) is 28.2 Å². The lowest BCUT2D eigenvalue weighted by Crippen LogP contribution is -2.17. The molecule has 0 fully saturated rings. The van der Waals surface area contributed by atoms with Crippen LogP contribution in [-0.2, 0) is 6.18 Å². The summed E-state index contributed by atoms with van der Waals surface area (Å²) >= 11 is 0. The lowest BCUT2D eigenvalue weighted by atomic mass is 9.82. The van der Waals surface area contributed by atoms with E-state index in [1.807, 2.05) is 73.6 Å². The van der Waals surface area contributed by atoms with Crippen LogP contribution in [0.5, 0.6) is 0 Å². The highest BCUT2D eigenvalue weighted by atomic mass is 19.4. The summed E-state index contributed by atoms with van der Waals surface area (Å²) in [6.07, 6.45) is -4.45. The number of nitrogens with zero attached hydrogens (tertiary/aromatic N) is 2. The number of benzene rings is 3. The Labute approximate surface area is 170 Å². The van der Waals surface area contributed by atoms with Gasteiger partial charge in [0.25, 0.3) is 0 Å². The fourth-order valence-corrected chi connectivity index (χ4v) is 3.48. The molecule has 3 aromatic carbocycles. The van der Waals surface area contributed by atoms with Crippen LogP contribution in [0.4, 0.5) is 24.5 Å². The van der Waals surface area contributed by atoms with Gasteiger partial charge in [0.1, 0.15) is 0 Å². The zero-order valence-corrected chi connectivity index (χ0v) is 17.0. The van der Waals surface area contributed by atoms with E-state index in [-0.39, 0.29) is 5.56 Å². The first-order valence-electron chi connectivity index (χ1n) is 9.39. The van der Waals surface area contributed by atoms with E-state index >= 15 is 0 Å². The van der Waals surface area contributed by atoms with Gasteiger partial charge in [0, 0.05) is 45.5 Å². The SMILES string of the molecule is CN(C)c1ccc(C(c2ccccc2)c2ccc(N(C)C)cc2C(F)(F)F)cc1. The Hall–Kier alpha value is -2.95. The van der Waals surface area contributed by atoms with Crippen molar-refractivity contribution in [3.05, 3.63) is 95.1 Å². The standard InChI is InChI=1S/C24H25F3N2/c1-28(2)19-12-10-18(11-13-19)23(17-8-6-5-7-9-17)21-15-14-20(29(3)4)16-22(21)24(25,26)27/h5-16,23H,1-4H3. The van der Waals surface area contributed by atoms with Gasteiger partial charge in [-0.3, -0.25) is 0 Å². The molecule has 3 rings (SSSR count). The topological polar surface area (TPSA) is 6.48 Å². The maximum absolute atomic E-state index is 14.0. The Morgan fingerprint density at radius 2 is 1.17 bits per heavy atom. The largest absolute Gasteiger partial charge is 0.416 e. The lowest BCUT2D eigenvalue weighted by Gasteiger charge is -2.25. The van der Waals surface area contributed by atoms with Gasteiger partial charge in [0.2, 0.25) is 0 Å². The summed E-state index contributed by atoms with van der Waals surface area (Å²) in [4.78, 5) is 3.65. The van der Waals surface area contributed by atoms with Crippen molar-refractivity contribution in [3.63, 3.8) is 0 Å². The zero-order chi connectivity index (χ0) is 21.2. The highest BCUT2D eigenvalue weighted by Crippen LogP contribution is 2.42. The van der Waals surface area contributed by atoms with Crippen LogP contribution in [0, 0.1) is 0 Å². The molecule has 0 N–H and O–H groups in total. The number of hydrogen-bond donors (Lipinski definition) is 0. The lowest BCUT2D eigenvalue weighted by molar-refractivity contribution is -0.138. The Morgan fingerprint density at radius 3 is 1.69 bits per heavy atom. The Balaban J connectivity index is 2.22. The number of halogens is 3. The highest BCUT2D eigenvalue weighted by Gasteiger charge is 2.36. The zero-order valence-electron chi connectivity index (χ0n) is 17.0. The predicted octanol–water partition coefficient (Wildman–Crippen LogP) is 6.02. The summed E-state index contributed by atoms with van der Waals surface area (Å²) in [6, 6.07) is 21.6. The third-order valence-corrected chi connectivity index (χ3v) is 5.05. The summed E-state index contributed by atoms with van der Waals surface area (Å²) in [7, 11) is 7.35. The smallest absolute Gasteiger partial charge is 0.378 e. The fourth-order valence-electron chi connectivity index (χ4n) is 3.48. The predicted molar refractivity (Wildman–Crippen MR) is 114 cm³/mol. The molecule has 0 aliphatic heterocycles. The van der Waals surface area contributed by atoms with Crippen molar-refractivity contribution in [1.29, 1.82) is 0 Å². The molecule has 0 aliphatic carbocycles. The van der Waals surface area contributed by atoms with Gasteiger partial charge < -0.3 is 9.80 Å². The molecular formula is C24H25F3N2. The fraction of sp³-hybridized carbons (Fsp3) is 0.250. The average Bonchev–Trinajstić information content (AvgIpc) is 2.68. The molecule has 0 radical (unpaired) electrons. The van der Waals surface area contributed by atoms with Gasteiger partial charge in [-0.1, -0.05) is 48.5 Å². The third-order valence-electron chi connectivity index (χ3n) is 5.05. The molecule has 0 aromatic heterocycles. The van der Waals surface area contributed by atoms with Gasteiger partial charge in [-0.25, -0.2) is 0 Å². The Kier molecular flexibility index (Phi) is 5.87. The van der Waals surface area contributed by atoms with Gasteiger partial charge in [-0.15, -0.1) is 0 Å². The van der Waals surface area contributed by atoms with E-state index < -0.39 is 17.7 Å². The maximum atomic E-state index is 14.0. The molecule has 3 aromatic rings. The van der Waals surface area contributed by atoms with Crippen molar-refractivity contribution >= 4 is 11.4 Å². The first kappa shape index (κ1) is 20.8. The summed E-state index contributed by atoms with van der Waals surface area (Å²) in [6.45, 7) is 0. The Morgan fingerprint density at radius 1 is 0.655 bits per heavy atom. The second-order valence-corrected chi connectivity index (χ2v) is 7.49. The van der Waals surface area contributed by atoms with Crippen molar-refractivity contribution in [1.82, 2.24) is 0 Å². The van der Waals surface area contributed by atoms with Gasteiger partial charge in [0.15, 0.2) is 0 Å². The van der Waals surface area contributed by atoms with E-state index in [2.05, 4.69) is 0 Å². The minimum absolute atomic E-state index is 0.256. The molecule has 1 atom stereocenters. The van der Waals surface area contributed by atoms with E-state index in [4.69, 9.17) is 0 Å². The van der Waals surface area contributed by atoms with E-state index in [0.29, 0.717) is 5.69 Å². The molecule has 0 bridgehead atoms. The number of alkyl halides is 3. The van der Waals surface area contributed by atoms with Crippen LogP contribution >= 0.6 is 0 Å². The molecule has 5 heteroatoms. The van der Waals surface area contributed by atoms with Gasteiger partial charge >= 0.3 is 6.18 Å². The molecule has 0 amide bonds. The summed E-state index contributed by atoms with van der Waals surface area (Å²) in [5.41, 5.74) is 2.83. The average molecular weight is 398 g/mol. The second kappa shape index (κ2) is 8.19. The van der Waals surface area contributed by atoms with Crippen molar-refractivity contribution in [2.45, 2.75) is 12.1 Å². The summed E-state index contributed by atoms with van der Waals surface area (Å²) in [5.74, 6) is -0.514. The minimum Gasteiger partial charge on any atom is -0.378 e. The van der Waals surface area contributed by atoms with Gasteiger partial charge in [0.05, 0.1) is 5.56 Å². The quantitative estimate of drug-likeness (QED) is 0.485. The second-order valence-electron chi connectivity index (χ2n) is 7.49. The van der Waals surface area contributed by atoms with Crippen LogP contribution in [0.25, 0.3) is 0 Å². The molecule has 2 nitrogen and oxygen atoms in total. The van der Waals surface area contributed by atoms with Crippen LogP contribution in [0.2, 0.25) is 0 Å². The van der Waals surface area contributed by atoms with Crippen molar-refractivity contribution in [2.24, 2.45) is 0 Å². The van der Waals surface area contributed by atoms with E-state index in [0.717, 1.165) is 16.8 Å². The maximum Gasteiger partial charge on any atom is 0.416 e. The van der Waals surface area contributed by atoms with Gasteiger partial charge in [-0.05, 0) is 41.0 Å². The number of hydrogen-bond acceptors (Lipinski definition) is 2. The van der Waals surface area contributed by atoms with Gasteiger partial charge in [-0.2, -0.15) is 13.2 Å². The normalized spacial score (nSPS) is 12.5. The molecule has 1 unspecified atom stereocenters. The van der Waals surface area contributed by atoms with Crippen molar-refractivity contribution in [3.8, 4) is 0 Å². The minimum atomic E-state index is -4.45. The van der Waals surface area contributed by atoms with E-state index in [1.165, 1.54) is 6.07 Å². The van der Waals surface area contributed by atoms with Crippen LogP contribution in [-0.4, -0.2) is 28.2 Å². The first-order chi connectivity index (χ1) is 13.7. The molecule has 0 heterocycles. The first-order valence-corrected chi connectivity index (χ1v) is 9.39. The van der Waals surface area contributed by atoms with E-state index in [9.17, 15) is 13.2 Å². The monoisotopic (exact) mass is 398 g/mol. The highest BCUT2D eigenvalue weighted by molar-refractivity contribution is 5.57. The van der Waals surface area contributed by atoms with Crippen molar-refractivity contribution in [2.75, 3.05) is 38.0 Å². The van der Waals surface area contributed by atoms with Crippen LogP contribution in [0.15, 0.2) is 72.8 Å². The Bertz CT molecular complexity index is 946. The molecule has 152 valence electrons. The molecule has 29 heavy (non-hydrogen) atoms. The molecular weight excluding hydrogens is 373 g/mol. The molecule has 0 saturated heterocycles. The van der Waals surface area contributed by atoms with E-state index in [1.54, 1.807) is 31.1 Å². The van der Waals surface area contributed by atoms with Crippen LogP contribution in [0.3, 0.4) is 0 Å². The molecule has 0 spiro atoms. The van der Waals surface area contributed by atoms with Crippen LogP contribution < -0.4 is 9.80 Å². The number of rotatable bonds is 5. The summed E-state index contributed by atoms with van der Waals surface area (Å²) in [5, 5.41) is 0. The number of anilines is 2.